The lowest BCUT2D eigenvalue weighted by atomic mass is 10.1. The molecule has 0 aliphatic rings. The van der Waals surface area contributed by atoms with E-state index in [0.717, 1.165) is 5.39 Å². The van der Waals surface area contributed by atoms with Crippen molar-refractivity contribution in [1.29, 1.82) is 0 Å². The molecule has 3 aromatic rings. The van der Waals surface area contributed by atoms with Gasteiger partial charge in [0.25, 0.3) is 11.5 Å². The van der Waals surface area contributed by atoms with E-state index in [0.29, 0.717) is 29.9 Å². The van der Waals surface area contributed by atoms with Crippen molar-refractivity contribution in [3.8, 4) is 0 Å². The molecular formula is C18H18N4O3. The van der Waals surface area contributed by atoms with Gasteiger partial charge in [-0.1, -0.05) is 24.3 Å². The van der Waals surface area contributed by atoms with Gasteiger partial charge in [-0.2, -0.15) is 5.10 Å². The molecule has 0 aliphatic heterocycles. The summed E-state index contributed by atoms with van der Waals surface area (Å²) in [7, 11) is 1.57. The van der Waals surface area contributed by atoms with E-state index >= 15 is 0 Å². The fourth-order valence-corrected chi connectivity index (χ4v) is 2.52. The lowest BCUT2D eigenvalue weighted by molar-refractivity contribution is 0.0945. The maximum atomic E-state index is 12.5. The first kappa shape index (κ1) is 16.8. The largest absolute Gasteiger partial charge is 0.383 e. The second-order valence-electron chi connectivity index (χ2n) is 5.41. The molecule has 0 spiro atoms. The van der Waals surface area contributed by atoms with Gasteiger partial charge in [0, 0.05) is 18.7 Å². The summed E-state index contributed by atoms with van der Waals surface area (Å²) in [6, 6.07) is 12.4. The van der Waals surface area contributed by atoms with Crippen molar-refractivity contribution in [2.45, 2.75) is 13.1 Å². The number of ether oxygens (including phenoxy) is 1. The zero-order valence-corrected chi connectivity index (χ0v) is 13.8. The summed E-state index contributed by atoms with van der Waals surface area (Å²) in [5, 5.41) is 8.48. The van der Waals surface area contributed by atoms with Crippen molar-refractivity contribution in [2.24, 2.45) is 0 Å². The standard InChI is InChI=1S/C18H18N4O3/c1-25-11-10-22-18(24)14-7-3-2-6-13(14)16(21-22)12-20-17(23)15-8-4-5-9-19-15/h2-9H,10-12H2,1H3,(H,20,23). The Bertz CT molecular complexity index is 938. The average molecular weight is 338 g/mol. The van der Waals surface area contributed by atoms with E-state index in [-0.39, 0.29) is 18.0 Å². The van der Waals surface area contributed by atoms with E-state index < -0.39 is 0 Å². The summed E-state index contributed by atoms with van der Waals surface area (Å²) >= 11 is 0. The van der Waals surface area contributed by atoms with Gasteiger partial charge in [-0.15, -0.1) is 0 Å². The van der Waals surface area contributed by atoms with E-state index in [1.165, 1.54) is 4.68 Å². The molecule has 128 valence electrons. The van der Waals surface area contributed by atoms with Crippen molar-refractivity contribution >= 4 is 16.7 Å². The normalized spacial score (nSPS) is 10.8. The van der Waals surface area contributed by atoms with E-state index in [1.54, 1.807) is 43.6 Å². The van der Waals surface area contributed by atoms with Crippen LogP contribution in [0.2, 0.25) is 0 Å². The zero-order chi connectivity index (χ0) is 17.6. The number of rotatable bonds is 6. The molecule has 2 aromatic heterocycles. The van der Waals surface area contributed by atoms with Crippen LogP contribution < -0.4 is 10.9 Å². The fraction of sp³-hybridized carbons (Fsp3) is 0.222. The third kappa shape index (κ3) is 3.72. The van der Waals surface area contributed by atoms with E-state index in [9.17, 15) is 9.59 Å². The molecule has 7 nitrogen and oxygen atoms in total. The van der Waals surface area contributed by atoms with Crippen LogP contribution in [0.4, 0.5) is 0 Å². The smallest absolute Gasteiger partial charge is 0.274 e. The highest BCUT2D eigenvalue weighted by Gasteiger charge is 2.12. The lowest BCUT2D eigenvalue weighted by Crippen LogP contribution is -2.29. The van der Waals surface area contributed by atoms with Gasteiger partial charge in [-0.05, 0) is 18.2 Å². The van der Waals surface area contributed by atoms with Crippen LogP contribution in [0.25, 0.3) is 10.8 Å². The number of fused-ring (bicyclic) bond motifs is 1. The van der Waals surface area contributed by atoms with Crippen LogP contribution >= 0.6 is 0 Å². The fourth-order valence-electron chi connectivity index (χ4n) is 2.52. The summed E-state index contributed by atoms with van der Waals surface area (Å²) in [5.74, 6) is -0.291. The molecule has 0 unspecified atom stereocenters. The average Bonchev–Trinajstić information content (AvgIpc) is 2.67. The first-order valence-corrected chi connectivity index (χ1v) is 7.87. The van der Waals surface area contributed by atoms with Gasteiger partial charge in [-0.3, -0.25) is 14.6 Å². The number of aromatic nitrogens is 3. The number of nitrogens with zero attached hydrogens (tertiary/aromatic N) is 3. The molecular weight excluding hydrogens is 320 g/mol. The van der Waals surface area contributed by atoms with E-state index in [4.69, 9.17) is 4.74 Å². The summed E-state index contributed by atoms with van der Waals surface area (Å²) in [4.78, 5) is 28.7. The molecule has 0 atom stereocenters. The molecule has 25 heavy (non-hydrogen) atoms. The minimum Gasteiger partial charge on any atom is -0.383 e. The lowest BCUT2D eigenvalue weighted by Gasteiger charge is -2.11. The molecule has 1 aromatic carbocycles. The summed E-state index contributed by atoms with van der Waals surface area (Å²) in [5.41, 5.74) is 0.780. The number of carbonyl (C=O) groups is 1. The monoisotopic (exact) mass is 338 g/mol. The highest BCUT2D eigenvalue weighted by molar-refractivity contribution is 5.92. The minimum absolute atomic E-state index is 0.174. The van der Waals surface area contributed by atoms with Crippen LogP contribution in [0.15, 0.2) is 53.5 Å². The number of benzene rings is 1. The van der Waals surface area contributed by atoms with Crippen LogP contribution in [-0.4, -0.2) is 34.4 Å². The van der Waals surface area contributed by atoms with Crippen LogP contribution in [0.5, 0.6) is 0 Å². The molecule has 0 saturated heterocycles. The molecule has 0 bridgehead atoms. The second-order valence-corrected chi connectivity index (χ2v) is 5.41. The number of carbonyl (C=O) groups excluding carboxylic acids is 1. The first-order chi connectivity index (χ1) is 12.2. The molecule has 0 radical (unpaired) electrons. The van der Waals surface area contributed by atoms with Gasteiger partial charge >= 0.3 is 0 Å². The van der Waals surface area contributed by atoms with Crippen molar-refractivity contribution in [3.63, 3.8) is 0 Å². The predicted octanol–water partition coefficient (Wildman–Crippen LogP) is 1.37. The van der Waals surface area contributed by atoms with Crippen molar-refractivity contribution in [1.82, 2.24) is 20.1 Å². The van der Waals surface area contributed by atoms with Crippen molar-refractivity contribution in [3.05, 3.63) is 70.4 Å². The number of hydrogen-bond acceptors (Lipinski definition) is 5. The van der Waals surface area contributed by atoms with Gasteiger partial charge in [0.15, 0.2) is 0 Å². The predicted molar refractivity (Wildman–Crippen MR) is 93.3 cm³/mol. The Labute approximate surface area is 144 Å². The third-order valence-corrected chi connectivity index (χ3v) is 3.77. The molecule has 0 fully saturated rings. The van der Waals surface area contributed by atoms with E-state index in [1.807, 2.05) is 12.1 Å². The molecule has 0 aliphatic carbocycles. The Balaban J connectivity index is 1.91. The number of amides is 1. The Morgan fingerprint density at radius 3 is 2.64 bits per heavy atom. The summed E-state index contributed by atoms with van der Waals surface area (Å²) < 4.78 is 6.40. The number of hydrogen-bond donors (Lipinski definition) is 1. The van der Waals surface area contributed by atoms with Crippen LogP contribution in [-0.2, 0) is 17.8 Å². The number of nitrogens with one attached hydrogen (secondary N) is 1. The Hall–Kier alpha value is -3.06. The zero-order valence-electron chi connectivity index (χ0n) is 13.8. The maximum Gasteiger partial charge on any atom is 0.274 e. The molecule has 3 rings (SSSR count). The molecule has 0 saturated carbocycles. The van der Waals surface area contributed by atoms with Gasteiger partial charge in [-0.25, -0.2) is 4.68 Å². The molecule has 2 heterocycles. The Kier molecular flexibility index (Phi) is 5.15. The topological polar surface area (TPSA) is 86.1 Å². The molecule has 1 N–H and O–H groups in total. The second kappa shape index (κ2) is 7.67. The SMILES string of the molecule is COCCn1nc(CNC(=O)c2ccccn2)c2ccccc2c1=O. The Morgan fingerprint density at radius 1 is 1.16 bits per heavy atom. The van der Waals surface area contributed by atoms with Gasteiger partial charge in [0.05, 0.1) is 30.8 Å². The molecule has 7 heteroatoms. The van der Waals surface area contributed by atoms with E-state index in [2.05, 4.69) is 15.4 Å². The highest BCUT2D eigenvalue weighted by Crippen LogP contribution is 2.13. The van der Waals surface area contributed by atoms with Gasteiger partial charge in [0.1, 0.15) is 5.69 Å². The number of pyridine rings is 1. The quantitative estimate of drug-likeness (QED) is 0.733. The Morgan fingerprint density at radius 2 is 1.92 bits per heavy atom. The van der Waals surface area contributed by atoms with Crippen molar-refractivity contribution in [2.75, 3.05) is 13.7 Å². The minimum atomic E-state index is -0.291. The van der Waals surface area contributed by atoms with Crippen LogP contribution in [0.3, 0.4) is 0 Å². The molecule has 1 amide bonds. The van der Waals surface area contributed by atoms with Gasteiger partial charge in [0.2, 0.25) is 0 Å². The maximum absolute atomic E-state index is 12.5. The van der Waals surface area contributed by atoms with Crippen molar-refractivity contribution < 1.29 is 9.53 Å². The third-order valence-electron chi connectivity index (χ3n) is 3.77. The first-order valence-electron chi connectivity index (χ1n) is 7.87. The van der Waals surface area contributed by atoms with Crippen LogP contribution in [0, 0.1) is 0 Å². The van der Waals surface area contributed by atoms with Gasteiger partial charge < -0.3 is 10.1 Å². The summed E-state index contributed by atoms with van der Waals surface area (Å²) in [6.45, 7) is 0.926. The summed E-state index contributed by atoms with van der Waals surface area (Å²) in [6.07, 6.45) is 1.56. The highest BCUT2D eigenvalue weighted by atomic mass is 16.5. The number of methoxy groups -OCH3 is 1. The van der Waals surface area contributed by atoms with Crippen LogP contribution in [0.1, 0.15) is 16.2 Å².